The first kappa shape index (κ1) is 17.5. The van der Waals surface area contributed by atoms with Crippen LogP contribution in [-0.2, 0) is 19.7 Å². The van der Waals surface area contributed by atoms with Crippen LogP contribution in [0.3, 0.4) is 0 Å². The first-order valence-corrected chi connectivity index (χ1v) is 8.49. The van der Waals surface area contributed by atoms with Crippen molar-refractivity contribution in [2.75, 3.05) is 0 Å². The molecule has 0 aromatic carbocycles. The van der Waals surface area contributed by atoms with E-state index in [0.29, 0.717) is 0 Å². The Kier molecular flexibility index (Phi) is 4.42. The molecule has 1 aliphatic heterocycles. The van der Waals surface area contributed by atoms with Gasteiger partial charge in [0.2, 0.25) is 0 Å². The van der Waals surface area contributed by atoms with E-state index >= 15 is 0 Å². The SMILES string of the molecule is O=S1(=O)C(CCC(F)(F)F)S(=O)(=O)C1CCC(F)(F)F. The summed E-state index contributed by atoms with van der Waals surface area (Å²) in [7, 11) is -9.01. The molecule has 12 heteroatoms. The molecule has 0 bridgehead atoms. The van der Waals surface area contributed by atoms with Gasteiger partial charge in [-0.1, -0.05) is 0 Å². The predicted octanol–water partition coefficient (Wildman–Crippen LogP) is 2.17. The fourth-order valence-electron chi connectivity index (χ4n) is 1.88. The molecule has 0 atom stereocenters. The third kappa shape index (κ3) is 3.77. The summed E-state index contributed by atoms with van der Waals surface area (Å²) in [4.78, 5) is 0. The minimum absolute atomic E-state index is 1.18. The molecule has 0 amide bonds. The quantitative estimate of drug-likeness (QED) is 0.730. The Hall–Kier alpha value is -0.520. The lowest BCUT2D eigenvalue weighted by Crippen LogP contribution is -2.56. The lowest BCUT2D eigenvalue weighted by Gasteiger charge is -2.35. The molecule has 1 saturated heterocycles. The highest BCUT2D eigenvalue weighted by Crippen LogP contribution is 2.42. The highest BCUT2D eigenvalue weighted by molar-refractivity contribution is 8.25. The lowest BCUT2D eigenvalue weighted by molar-refractivity contribution is -0.135. The van der Waals surface area contributed by atoms with Gasteiger partial charge in [-0.3, -0.25) is 0 Å². The fourth-order valence-corrected chi connectivity index (χ4v) is 8.12. The molecule has 0 aromatic rings. The second kappa shape index (κ2) is 5.04. The summed E-state index contributed by atoms with van der Waals surface area (Å²) in [5.41, 5.74) is 0. The van der Waals surface area contributed by atoms with Gasteiger partial charge in [-0.2, -0.15) is 26.3 Å². The number of hydrogen-bond donors (Lipinski definition) is 0. The van der Waals surface area contributed by atoms with Crippen LogP contribution in [0.25, 0.3) is 0 Å². The van der Waals surface area contributed by atoms with Crippen LogP contribution in [-0.4, -0.2) is 38.4 Å². The van der Waals surface area contributed by atoms with E-state index in [0.717, 1.165) is 0 Å². The van der Waals surface area contributed by atoms with Crippen LogP contribution in [0.5, 0.6) is 0 Å². The van der Waals surface area contributed by atoms with E-state index < -0.39 is 66.9 Å². The first-order valence-electron chi connectivity index (χ1n) is 5.27. The van der Waals surface area contributed by atoms with Gasteiger partial charge in [0.1, 0.15) is 0 Å². The molecule has 1 fully saturated rings. The molecular formula is C8H10F6O4S2. The third-order valence-corrected chi connectivity index (χ3v) is 9.89. The molecule has 0 unspecified atom stereocenters. The zero-order valence-electron chi connectivity index (χ0n) is 9.70. The maximum Gasteiger partial charge on any atom is 0.389 e. The Morgan fingerprint density at radius 1 is 0.650 bits per heavy atom. The molecule has 0 spiro atoms. The molecule has 0 saturated carbocycles. The van der Waals surface area contributed by atoms with E-state index in [4.69, 9.17) is 0 Å². The highest BCUT2D eigenvalue weighted by atomic mass is 32.3. The number of sulfone groups is 2. The van der Waals surface area contributed by atoms with Gasteiger partial charge in [0, 0.05) is 12.8 Å². The number of halogens is 6. The zero-order chi connectivity index (χ0) is 16.0. The maximum atomic E-state index is 11.9. The fraction of sp³-hybridized carbons (Fsp3) is 1.00. The lowest BCUT2D eigenvalue weighted by atomic mass is 10.3. The summed E-state index contributed by atoms with van der Waals surface area (Å²) in [5.74, 6) is 0. The van der Waals surface area contributed by atoms with E-state index in [1.165, 1.54) is 0 Å². The van der Waals surface area contributed by atoms with Crippen LogP contribution < -0.4 is 0 Å². The molecule has 1 rings (SSSR count). The largest absolute Gasteiger partial charge is 0.389 e. The molecule has 1 heterocycles. The average Bonchev–Trinajstić information content (AvgIpc) is 2.11. The van der Waals surface area contributed by atoms with Crippen LogP contribution in [0, 0.1) is 0 Å². The third-order valence-electron chi connectivity index (χ3n) is 2.79. The van der Waals surface area contributed by atoms with Crippen LogP contribution in [0.2, 0.25) is 0 Å². The predicted molar refractivity (Wildman–Crippen MR) is 56.0 cm³/mol. The summed E-state index contributed by atoms with van der Waals surface area (Å²) >= 11 is 0. The van der Waals surface area contributed by atoms with Gasteiger partial charge < -0.3 is 0 Å². The summed E-state index contributed by atoms with van der Waals surface area (Å²) in [5, 5.41) is 0. The van der Waals surface area contributed by atoms with Crippen molar-refractivity contribution in [3.05, 3.63) is 0 Å². The topological polar surface area (TPSA) is 68.3 Å². The van der Waals surface area contributed by atoms with Crippen molar-refractivity contribution >= 4 is 19.7 Å². The Bertz CT molecular complexity index is 487. The Morgan fingerprint density at radius 2 is 0.900 bits per heavy atom. The van der Waals surface area contributed by atoms with Gasteiger partial charge in [0.15, 0.2) is 28.8 Å². The normalized spacial score (nSPS) is 28.9. The number of hydrogen-bond acceptors (Lipinski definition) is 4. The van der Waals surface area contributed by atoms with Gasteiger partial charge in [-0.25, -0.2) is 16.8 Å². The second-order valence-electron chi connectivity index (χ2n) is 4.34. The number of alkyl halides is 6. The van der Waals surface area contributed by atoms with Gasteiger partial charge in [0.05, 0.1) is 0 Å². The molecule has 0 aliphatic carbocycles. The maximum absolute atomic E-state index is 11.9. The van der Waals surface area contributed by atoms with E-state index in [1.54, 1.807) is 0 Å². The van der Waals surface area contributed by atoms with Crippen molar-refractivity contribution in [3.8, 4) is 0 Å². The molecule has 1 aliphatic rings. The molecule has 0 radical (unpaired) electrons. The zero-order valence-corrected chi connectivity index (χ0v) is 11.3. The molecule has 0 aromatic heterocycles. The van der Waals surface area contributed by atoms with E-state index in [1.807, 2.05) is 0 Å². The van der Waals surface area contributed by atoms with E-state index in [-0.39, 0.29) is 0 Å². The van der Waals surface area contributed by atoms with Gasteiger partial charge in [-0.05, 0) is 12.8 Å². The van der Waals surface area contributed by atoms with Crippen molar-refractivity contribution in [3.63, 3.8) is 0 Å². The van der Waals surface area contributed by atoms with Crippen LogP contribution in [0.4, 0.5) is 26.3 Å². The van der Waals surface area contributed by atoms with Gasteiger partial charge in [0.25, 0.3) is 0 Å². The molecule has 120 valence electrons. The van der Waals surface area contributed by atoms with Gasteiger partial charge in [-0.15, -0.1) is 0 Å². The van der Waals surface area contributed by atoms with Crippen molar-refractivity contribution in [1.29, 1.82) is 0 Å². The molecule has 20 heavy (non-hydrogen) atoms. The monoisotopic (exact) mass is 348 g/mol. The summed E-state index contributed by atoms with van der Waals surface area (Å²) in [6.45, 7) is 0. The van der Waals surface area contributed by atoms with E-state index in [2.05, 4.69) is 0 Å². The first-order chi connectivity index (χ1) is 8.68. The second-order valence-corrected chi connectivity index (χ2v) is 9.57. The Balaban J connectivity index is 2.80. The van der Waals surface area contributed by atoms with Crippen molar-refractivity contribution in [2.45, 2.75) is 47.2 Å². The van der Waals surface area contributed by atoms with Crippen LogP contribution in [0.15, 0.2) is 0 Å². The summed E-state index contributed by atoms with van der Waals surface area (Å²) in [6.07, 6.45) is -15.1. The Labute approximate surface area is 111 Å². The molecule has 0 N–H and O–H groups in total. The highest BCUT2D eigenvalue weighted by Gasteiger charge is 2.61. The van der Waals surface area contributed by atoms with Crippen molar-refractivity contribution in [2.24, 2.45) is 0 Å². The minimum atomic E-state index is -4.73. The van der Waals surface area contributed by atoms with E-state index in [9.17, 15) is 43.2 Å². The number of rotatable bonds is 4. The average molecular weight is 348 g/mol. The molecular weight excluding hydrogens is 338 g/mol. The van der Waals surface area contributed by atoms with Crippen molar-refractivity contribution < 1.29 is 43.2 Å². The van der Waals surface area contributed by atoms with Crippen LogP contribution >= 0.6 is 0 Å². The Morgan fingerprint density at radius 3 is 1.10 bits per heavy atom. The van der Waals surface area contributed by atoms with Crippen LogP contribution in [0.1, 0.15) is 25.7 Å². The minimum Gasteiger partial charge on any atom is -0.226 e. The molecule has 4 nitrogen and oxygen atoms in total. The van der Waals surface area contributed by atoms with Crippen molar-refractivity contribution in [1.82, 2.24) is 0 Å². The smallest absolute Gasteiger partial charge is 0.226 e. The summed E-state index contributed by atoms with van der Waals surface area (Å²) < 4.78 is 113. The standard InChI is InChI=1S/C8H10F6O4S2/c9-7(10,11)3-1-5-19(15,16)6(20(5,17)18)2-4-8(12,13)14/h5-6H,1-4H2. The van der Waals surface area contributed by atoms with Gasteiger partial charge >= 0.3 is 12.4 Å². The summed E-state index contributed by atoms with van der Waals surface area (Å²) in [6, 6.07) is 0.